The van der Waals surface area contributed by atoms with E-state index in [9.17, 15) is 14.4 Å². The van der Waals surface area contributed by atoms with E-state index in [4.69, 9.17) is 5.11 Å². The summed E-state index contributed by atoms with van der Waals surface area (Å²) < 4.78 is 1.49. The first kappa shape index (κ1) is 13.6. The number of carbonyl (C=O) groups is 1. The van der Waals surface area contributed by atoms with Crippen LogP contribution in [-0.2, 0) is 0 Å². The Kier molecular flexibility index (Phi) is 3.13. The summed E-state index contributed by atoms with van der Waals surface area (Å²) >= 11 is 0. The third kappa shape index (κ3) is 2.25. The van der Waals surface area contributed by atoms with Crippen molar-refractivity contribution in [2.45, 2.75) is 12.5 Å². The van der Waals surface area contributed by atoms with Gasteiger partial charge in [0.25, 0.3) is 0 Å². The number of likely N-dealkylation sites (N-methyl/N-ethyl adjacent to an activating group) is 1. The second-order valence-corrected chi connectivity index (χ2v) is 5.37. The average Bonchev–Trinajstić information content (AvgIpc) is 2.85. The number of nitrogens with one attached hydrogen (secondary N) is 1. The molecule has 110 valence electrons. The molecule has 1 saturated heterocycles. The van der Waals surface area contributed by atoms with Gasteiger partial charge in [-0.1, -0.05) is 0 Å². The van der Waals surface area contributed by atoms with Crippen molar-refractivity contribution in [3.63, 3.8) is 0 Å². The molecular formula is C14H15N3O4. The van der Waals surface area contributed by atoms with Gasteiger partial charge in [-0.05, 0) is 38.2 Å². The molecule has 1 atom stereocenters. The van der Waals surface area contributed by atoms with E-state index in [1.165, 1.54) is 16.7 Å². The molecule has 7 nitrogen and oxygen atoms in total. The number of carboxylic acid groups (broad SMARTS) is 1. The van der Waals surface area contributed by atoms with E-state index in [0.717, 1.165) is 13.0 Å². The standard InChI is InChI=1S/C14H15N3O4/c1-16-5-4-9(7-16)17-11-3-2-8(14(20)21)6-10(11)15-12(18)13(17)19/h2-3,6,9H,4-5,7H2,1H3,(H,15,18)(H,20,21). The van der Waals surface area contributed by atoms with Crippen LogP contribution in [0.1, 0.15) is 22.8 Å². The monoisotopic (exact) mass is 289 g/mol. The molecular weight excluding hydrogens is 274 g/mol. The highest BCUT2D eigenvalue weighted by atomic mass is 16.4. The molecule has 2 N–H and O–H groups in total. The minimum atomic E-state index is -1.07. The van der Waals surface area contributed by atoms with E-state index in [1.807, 2.05) is 7.05 Å². The SMILES string of the molecule is CN1CCC(n2c(=O)c(=O)[nH]c3cc(C(=O)O)ccc32)C1. The van der Waals surface area contributed by atoms with Crippen LogP contribution in [0.5, 0.6) is 0 Å². The van der Waals surface area contributed by atoms with Gasteiger partial charge >= 0.3 is 17.1 Å². The Morgan fingerprint density at radius 3 is 2.76 bits per heavy atom. The fraction of sp³-hybridized carbons (Fsp3) is 0.357. The van der Waals surface area contributed by atoms with E-state index in [2.05, 4.69) is 9.88 Å². The van der Waals surface area contributed by atoms with Gasteiger partial charge in [0.05, 0.1) is 22.6 Å². The molecule has 1 aliphatic rings. The molecule has 21 heavy (non-hydrogen) atoms. The highest BCUT2D eigenvalue weighted by molar-refractivity contribution is 5.92. The van der Waals surface area contributed by atoms with Crippen molar-refractivity contribution in [3.8, 4) is 0 Å². The molecule has 1 aromatic heterocycles. The van der Waals surface area contributed by atoms with Gasteiger partial charge in [-0.2, -0.15) is 0 Å². The number of H-pyrrole nitrogens is 1. The smallest absolute Gasteiger partial charge is 0.335 e. The molecule has 2 heterocycles. The minimum absolute atomic E-state index is 0.0667. The van der Waals surface area contributed by atoms with Crippen molar-refractivity contribution in [2.75, 3.05) is 20.1 Å². The van der Waals surface area contributed by atoms with E-state index in [-0.39, 0.29) is 11.6 Å². The number of benzene rings is 1. The van der Waals surface area contributed by atoms with Gasteiger partial charge in [-0.3, -0.25) is 14.2 Å². The van der Waals surface area contributed by atoms with Gasteiger partial charge in [0, 0.05) is 6.54 Å². The molecule has 1 aromatic carbocycles. The van der Waals surface area contributed by atoms with Crippen molar-refractivity contribution in [2.24, 2.45) is 0 Å². The van der Waals surface area contributed by atoms with E-state index in [1.54, 1.807) is 6.07 Å². The Morgan fingerprint density at radius 2 is 2.14 bits per heavy atom. The third-order valence-electron chi connectivity index (χ3n) is 3.90. The molecule has 1 aliphatic heterocycles. The zero-order valence-electron chi connectivity index (χ0n) is 11.5. The number of fused-ring (bicyclic) bond motifs is 1. The maximum atomic E-state index is 12.2. The number of carboxylic acids is 1. The molecule has 7 heteroatoms. The van der Waals surface area contributed by atoms with E-state index < -0.39 is 17.1 Å². The summed E-state index contributed by atoms with van der Waals surface area (Å²) in [6.45, 7) is 1.55. The first-order chi connectivity index (χ1) is 9.97. The second kappa shape index (κ2) is 4.85. The van der Waals surface area contributed by atoms with Crippen LogP contribution in [0.2, 0.25) is 0 Å². The summed E-state index contributed by atoms with van der Waals surface area (Å²) in [5.74, 6) is -1.07. The maximum absolute atomic E-state index is 12.2. The van der Waals surface area contributed by atoms with Gasteiger partial charge in [0.15, 0.2) is 0 Å². The molecule has 0 aliphatic carbocycles. The van der Waals surface area contributed by atoms with Crippen LogP contribution >= 0.6 is 0 Å². The molecule has 0 spiro atoms. The van der Waals surface area contributed by atoms with Crippen LogP contribution < -0.4 is 11.1 Å². The molecule has 0 radical (unpaired) electrons. The Balaban J connectivity index is 2.27. The molecule has 2 aromatic rings. The van der Waals surface area contributed by atoms with Crippen LogP contribution in [0, 0.1) is 0 Å². The number of aromatic nitrogens is 2. The maximum Gasteiger partial charge on any atom is 0.335 e. The van der Waals surface area contributed by atoms with Gasteiger partial charge in [-0.15, -0.1) is 0 Å². The van der Waals surface area contributed by atoms with Crippen molar-refractivity contribution in [1.82, 2.24) is 14.5 Å². The van der Waals surface area contributed by atoms with Crippen LogP contribution in [0.4, 0.5) is 0 Å². The summed E-state index contributed by atoms with van der Waals surface area (Å²) in [4.78, 5) is 39.6. The van der Waals surface area contributed by atoms with E-state index in [0.29, 0.717) is 17.6 Å². The van der Waals surface area contributed by atoms with Crippen molar-refractivity contribution < 1.29 is 9.90 Å². The predicted molar refractivity (Wildman–Crippen MR) is 76.9 cm³/mol. The minimum Gasteiger partial charge on any atom is -0.478 e. The van der Waals surface area contributed by atoms with Gasteiger partial charge in [-0.25, -0.2) is 4.79 Å². The number of hydrogen-bond donors (Lipinski definition) is 2. The Hall–Kier alpha value is -2.41. The first-order valence-electron chi connectivity index (χ1n) is 6.68. The third-order valence-corrected chi connectivity index (χ3v) is 3.90. The summed E-state index contributed by atoms with van der Waals surface area (Å²) in [5, 5.41) is 9.02. The van der Waals surface area contributed by atoms with Crippen LogP contribution in [-0.4, -0.2) is 45.7 Å². The van der Waals surface area contributed by atoms with Crippen molar-refractivity contribution in [1.29, 1.82) is 0 Å². The van der Waals surface area contributed by atoms with Crippen LogP contribution in [0.15, 0.2) is 27.8 Å². The van der Waals surface area contributed by atoms with Crippen molar-refractivity contribution >= 4 is 17.0 Å². The highest BCUT2D eigenvalue weighted by Crippen LogP contribution is 2.22. The first-order valence-corrected chi connectivity index (χ1v) is 6.68. The predicted octanol–water partition coefficient (Wildman–Crippen LogP) is 0.265. The number of nitrogens with zero attached hydrogens (tertiary/aromatic N) is 2. The molecule has 0 amide bonds. The Bertz CT molecular complexity index is 836. The zero-order chi connectivity index (χ0) is 15.1. The lowest BCUT2D eigenvalue weighted by atomic mass is 10.1. The normalized spacial score (nSPS) is 19.2. The number of aromatic carboxylic acids is 1. The second-order valence-electron chi connectivity index (χ2n) is 5.37. The average molecular weight is 289 g/mol. The molecule has 0 bridgehead atoms. The van der Waals surface area contributed by atoms with Crippen LogP contribution in [0.25, 0.3) is 11.0 Å². The van der Waals surface area contributed by atoms with E-state index >= 15 is 0 Å². The number of aromatic amines is 1. The Labute approximate surface area is 119 Å². The fourth-order valence-electron chi connectivity index (χ4n) is 2.86. The lowest BCUT2D eigenvalue weighted by Crippen LogP contribution is -2.39. The largest absolute Gasteiger partial charge is 0.478 e. The van der Waals surface area contributed by atoms with Gasteiger partial charge < -0.3 is 15.0 Å². The summed E-state index contributed by atoms with van der Waals surface area (Å²) in [6.07, 6.45) is 0.787. The molecule has 0 saturated carbocycles. The highest BCUT2D eigenvalue weighted by Gasteiger charge is 2.24. The topological polar surface area (TPSA) is 95.4 Å². The lowest BCUT2D eigenvalue weighted by Gasteiger charge is -2.16. The van der Waals surface area contributed by atoms with Crippen molar-refractivity contribution in [3.05, 3.63) is 44.5 Å². The molecule has 3 rings (SSSR count). The number of rotatable bonds is 2. The quantitative estimate of drug-likeness (QED) is 0.773. The lowest BCUT2D eigenvalue weighted by molar-refractivity contribution is 0.0697. The summed E-state index contributed by atoms with van der Waals surface area (Å²) in [6, 6.07) is 4.34. The zero-order valence-corrected chi connectivity index (χ0v) is 11.5. The molecule has 1 fully saturated rings. The summed E-state index contributed by atoms with van der Waals surface area (Å²) in [7, 11) is 1.96. The van der Waals surface area contributed by atoms with Gasteiger partial charge in [0.1, 0.15) is 0 Å². The number of hydrogen-bond acceptors (Lipinski definition) is 4. The Morgan fingerprint density at radius 1 is 1.38 bits per heavy atom. The van der Waals surface area contributed by atoms with Gasteiger partial charge in [0.2, 0.25) is 0 Å². The van der Waals surface area contributed by atoms with Crippen LogP contribution in [0.3, 0.4) is 0 Å². The molecule has 1 unspecified atom stereocenters. The summed E-state index contributed by atoms with van der Waals surface area (Å²) in [5.41, 5.74) is -0.309. The fourth-order valence-corrected chi connectivity index (χ4v) is 2.86. The number of likely N-dealkylation sites (tertiary alicyclic amines) is 1.